The molecule has 0 aliphatic rings. The molecule has 1 unspecified atom stereocenters. The third kappa shape index (κ3) is 7.31. The monoisotopic (exact) mass is 284 g/mol. The molecule has 0 aliphatic heterocycles. The molecule has 116 valence electrons. The van der Waals surface area contributed by atoms with Crippen molar-refractivity contribution in [2.24, 2.45) is 5.41 Å². The van der Waals surface area contributed by atoms with Crippen LogP contribution in [0.15, 0.2) is 11.6 Å². The second-order valence-electron chi connectivity index (χ2n) is 5.97. The van der Waals surface area contributed by atoms with Crippen molar-refractivity contribution < 1.29 is 19.1 Å². The maximum atomic E-state index is 12.0. The zero-order valence-corrected chi connectivity index (χ0v) is 13.6. The Kier molecular flexibility index (Phi) is 8.19. The molecule has 0 aromatic carbocycles. The average molecular weight is 284 g/mol. The van der Waals surface area contributed by atoms with Gasteiger partial charge in [-0.05, 0) is 40.5 Å². The van der Waals surface area contributed by atoms with Crippen LogP contribution in [0.3, 0.4) is 0 Å². The van der Waals surface area contributed by atoms with Gasteiger partial charge in [-0.1, -0.05) is 26.3 Å². The molecule has 0 rings (SSSR count). The molecule has 0 bridgehead atoms. The lowest BCUT2D eigenvalue weighted by Gasteiger charge is -2.18. The van der Waals surface area contributed by atoms with Crippen LogP contribution in [-0.4, -0.2) is 24.6 Å². The van der Waals surface area contributed by atoms with Crippen molar-refractivity contribution in [3.8, 4) is 0 Å². The van der Waals surface area contributed by atoms with Crippen molar-refractivity contribution in [3.05, 3.63) is 11.6 Å². The molecular formula is C16H28O4. The molecule has 0 heterocycles. The van der Waals surface area contributed by atoms with E-state index >= 15 is 0 Å². The quantitative estimate of drug-likeness (QED) is 0.529. The van der Waals surface area contributed by atoms with Gasteiger partial charge < -0.3 is 9.47 Å². The SMILES string of the molecule is CCCC=C(COC(=O)C(C)(C)C)C(=O)OC(C)CC. The van der Waals surface area contributed by atoms with Gasteiger partial charge in [-0.15, -0.1) is 0 Å². The Hall–Kier alpha value is -1.32. The molecule has 0 aromatic heterocycles. The molecule has 0 aliphatic carbocycles. The van der Waals surface area contributed by atoms with Crippen LogP contribution in [0, 0.1) is 5.41 Å². The Morgan fingerprint density at radius 3 is 2.25 bits per heavy atom. The van der Waals surface area contributed by atoms with Crippen molar-refractivity contribution in [3.63, 3.8) is 0 Å². The lowest BCUT2D eigenvalue weighted by Crippen LogP contribution is -2.26. The maximum Gasteiger partial charge on any atom is 0.337 e. The highest BCUT2D eigenvalue weighted by molar-refractivity contribution is 5.89. The maximum absolute atomic E-state index is 12.0. The molecule has 4 nitrogen and oxygen atoms in total. The summed E-state index contributed by atoms with van der Waals surface area (Å²) >= 11 is 0. The summed E-state index contributed by atoms with van der Waals surface area (Å²) in [5.74, 6) is -0.717. The van der Waals surface area contributed by atoms with E-state index in [1.807, 2.05) is 20.8 Å². The molecule has 1 atom stereocenters. The van der Waals surface area contributed by atoms with E-state index in [9.17, 15) is 9.59 Å². The molecule has 4 heteroatoms. The van der Waals surface area contributed by atoms with E-state index in [4.69, 9.17) is 9.47 Å². The van der Waals surface area contributed by atoms with Gasteiger partial charge in [-0.3, -0.25) is 4.79 Å². The first kappa shape index (κ1) is 18.7. The number of hydrogen-bond donors (Lipinski definition) is 0. The molecule has 20 heavy (non-hydrogen) atoms. The second kappa shape index (κ2) is 8.77. The van der Waals surface area contributed by atoms with Gasteiger partial charge in [-0.2, -0.15) is 0 Å². The number of hydrogen-bond acceptors (Lipinski definition) is 4. The minimum Gasteiger partial charge on any atom is -0.460 e. The van der Waals surface area contributed by atoms with Crippen molar-refractivity contribution in [1.82, 2.24) is 0 Å². The van der Waals surface area contributed by atoms with Crippen LogP contribution in [-0.2, 0) is 19.1 Å². The lowest BCUT2D eigenvalue weighted by atomic mass is 9.97. The summed E-state index contributed by atoms with van der Waals surface area (Å²) in [5, 5.41) is 0. The molecule has 0 saturated carbocycles. The van der Waals surface area contributed by atoms with Crippen LogP contribution in [0.2, 0.25) is 0 Å². The Morgan fingerprint density at radius 1 is 1.20 bits per heavy atom. The minimum absolute atomic E-state index is 0.0224. The van der Waals surface area contributed by atoms with Crippen LogP contribution < -0.4 is 0 Å². The minimum atomic E-state index is -0.573. The van der Waals surface area contributed by atoms with Crippen LogP contribution in [0.4, 0.5) is 0 Å². The third-order valence-corrected chi connectivity index (χ3v) is 2.80. The smallest absolute Gasteiger partial charge is 0.337 e. The summed E-state index contributed by atoms with van der Waals surface area (Å²) in [6.45, 7) is 11.1. The van der Waals surface area contributed by atoms with Gasteiger partial charge in [0.05, 0.1) is 17.1 Å². The van der Waals surface area contributed by atoms with Crippen LogP contribution in [0.5, 0.6) is 0 Å². The van der Waals surface area contributed by atoms with E-state index in [1.54, 1.807) is 26.8 Å². The topological polar surface area (TPSA) is 52.6 Å². The highest BCUT2D eigenvalue weighted by atomic mass is 16.6. The first-order valence-corrected chi connectivity index (χ1v) is 7.29. The number of esters is 2. The van der Waals surface area contributed by atoms with Gasteiger partial charge in [-0.25, -0.2) is 4.79 Å². The molecule has 0 radical (unpaired) electrons. The van der Waals surface area contributed by atoms with Crippen molar-refractivity contribution in [2.75, 3.05) is 6.61 Å². The fraction of sp³-hybridized carbons (Fsp3) is 0.750. The van der Waals surface area contributed by atoms with Crippen LogP contribution in [0.25, 0.3) is 0 Å². The third-order valence-electron chi connectivity index (χ3n) is 2.80. The predicted octanol–water partition coefficient (Wildman–Crippen LogP) is 3.64. The van der Waals surface area contributed by atoms with E-state index in [1.165, 1.54) is 0 Å². The van der Waals surface area contributed by atoms with E-state index in [0.29, 0.717) is 5.57 Å². The first-order valence-electron chi connectivity index (χ1n) is 7.29. The highest BCUT2D eigenvalue weighted by Crippen LogP contribution is 2.16. The summed E-state index contributed by atoms with van der Waals surface area (Å²) < 4.78 is 10.5. The Bertz CT molecular complexity index is 350. The molecular weight excluding hydrogens is 256 g/mol. The lowest BCUT2D eigenvalue weighted by molar-refractivity contribution is -0.153. The Balaban J connectivity index is 4.66. The number of allylic oxidation sites excluding steroid dienone is 1. The molecule has 0 spiro atoms. The van der Waals surface area contributed by atoms with Crippen LogP contribution in [0.1, 0.15) is 60.8 Å². The summed E-state index contributed by atoms with van der Waals surface area (Å²) in [5.41, 5.74) is -0.152. The first-order chi connectivity index (χ1) is 9.22. The largest absolute Gasteiger partial charge is 0.460 e. The van der Waals surface area contributed by atoms with E-state index < -0.39 is 11.4 Å². The number of carbonyl (C=O) groups is 2. The van der Waals surface area contributed by atoms with E-state index in [2.05, 4.69) is 0 Å². The summed E-state index contributed by atoms with van der Waals surface area (Å²) in [7, 11) is 0. The van der Waals surface area contributed by atoms with Crippen molar-refractivity contribution in [2.45, 2.75) is 66.9 Å². The van der Waals surface area contributed by atoms with Gasteiger partial charge in [0.1, 0.15) is 6.61 Å². The van der Waals surface area contributed by atoms with Gasteiger partial charge in [0, 0.05) is 0 Å². The fourth-order valence-electron chi connectivity index (χ4n) is 1.22. The standard InChI is InChI=1S/C16H28O4/c1-7-9-10-13(14(17)20-12(3)8-2)11-19-15(18)16(4,5)6/h10,12H,7-9,11H2,1-6H3. The second-order valence-corrected chi connectivity index (χ2v) is 5.97. The number of carbonyl (C=O) groups excluding carboxylic acids is 2. The Labute approximate surface area is 122 Å². The molecule has 0 saturated heterocycles. The zero-order valence-electron chi connectivity index (χ0n) is 13.6. The summed E-state index contributed by atoms with van der Waals surface area (Å²) in [4.78, 5) is 23.7. The summed E-state index contributed by atoms with van der Waals surface area (Å²) in [6, 6.07) is 0. The number of rotatable bonds is 7. The van der Waals surface area contributed by atoms with Gasteiger partial charge in [0.25, 0.3) is 0 Å². The highest BCUT2D eigenvalue weighted by Gasteiger charge is 2.24. The molecule has 0 N–H and O–H groups in total. The van der Waals surface area contributed by atoms with Crippen molar-refractivity contribution in [1.29, 1.82) is 0 Å². The fourth-order valence-corrected chi connectivity index (χ4v) is 1.22. The number of ether oxygens (including phenoxy) is 2. The molecule has 0 fully saturated rings. The molecule has 0 aromatic rings. The van der Waals surface area contributed by atoms with Crippen molar-refractivity contribution >= 4 is 11.9 Å². The zero-order chi connectivity index (χ0) is 15.8. The van der Waals surface area contributed by atoms with Crippen LogP contribution >= 0.6 is 0 Å². The van der Waals surface area contributed by atoms with E-state index in [-0.39, 0.29) is 18.7 Å². The molecule has 0 amide bonds. The van der Waals surface area contributed by atoms with Gasteiger partial charge >= 0.3 is 11.9 Å². The number of unbranched alkanes of at least 4 members (excludes halogenated alkanes) is 1. The van der Waals surface area contributed by atoms with Gasteiger partial charge in [0.15, 0.2) is 0 Å². The normalized spacial score (nSPS) is 13.8. The van der Waals surface area contributed by atoms with E-state index in [0.717, 1.165) is 19.3 Å². The predicted molar refractivity (Wildman–Crippen MR) is 79.3 cm³/mol. The van der Waals surface area contributed by atoms with Gasteiger partial charge in [0.2, 0.25) is 0 Å². The summed E-state index contributed by atoms with van der Waals surface area (Å²) in [6.07, 6.45) is 4.10. The average Bonchev–Trinajstić information content (AvgIpc) is 2.36. The Morgan fingerprint density at radius 2 is 1.80 bits per heavy atom.